The van der Waals surface area contributed by atoms with Crippen LogP contribution in [-0.4, -0.2) is 49.3 Å². The number of carboxylic acids is 1. The van der Waals surface area contributed by atoms with E-state index in [9.17, 15) is 18.0 Å². The van der Waals surface area contributed by atoms with Gasteiger partial charge in [-0.3, -0.25) is 4.79 Å². The SMILES string of the molecule is CC1CC1CNC(=O)C1CCN(S(=O)(=O)c2ccc(C(=O)O)cc2)CC1. The Labute approximate surface area is 153 Å². The van der Waals surface area contributed by atoms with E-state index in [4.69, 9.17) is 5.11 Å². The summed E-state index contributed by atoms with van der Waals surface area (Å²) in [5, 5.41) is 11.9. The highest BCUT2D eigenvalue weighted by atomic mass is 32.2. The lowest BCUT2D eigenvalue weighted by Gasteiger charge is -2.30. The standard InChI is InChI=1S/C18H24N2O5S/c1-12-10-15(12)11-19-17(21)13-6-8-20(9-7-13)26(24,25)16-4-2-14(3-5-16)18(22)23/h2-5,12-13,15H,6-11H2,1H3,(H,19,21)(H,22,23). The normalized spacial score (nSPS) is 24.2. The van der Waals surface area contributed by atoms with Gasteiger partial charge in [-0.25, -0.2) is 13.2 Å². The molecule has 1 heterocycles. The lowest BCUT2D eigenvalue weighted by Crippen LogP contribution is -2.43. The van der Waals surface area contributed by atoms with Gasteiger partial charge in [-0.2, -0.15) is 4.31 Å². The van der Waals surface area contributed by atoms with E-state index in [0.29, 0.717) is 44.3 Å². The van der Waals surface area contributed by atoms with Crippen LogP contribution in [-0.2, 0) is 14.8 Å². The first-order valence-electron chi connectivity index (χ1n) is 8.90. The molecule has 1 saturated carbocycles. The van der Waals surface area contributed by atoms with Crippen LogP contribution in [0.4, 0.5) is 0 Å². The minimum Gasteiger partial charge on any atom is -0.478 e. The minimum absolute atomic E-state index is 0.0203. The van der Waals surface area contributed by atoms with Crippen molar-refractivity contribution in [2.45, 2.75) is 31.1 Å². The number of benzene rings is 1. The number of carbonyl (C=O) groups is 2. The zero-order valence-corrected chi connectivity index (χ0v) is 15.5. The molecule has 7 nitrogen and oxygen atoms in total. The van der Waals surface area contributed by atoms with Crippen LogP contribution >= 0.6 is 0 Å². The molecule has 1 aromatic carbocycles. The second-order valence-electron chi connectivity index (χ2n) is 7.23. The molecule has 2 unspecified atom stereocenters. The molecule has 1 aromatic rings. The van der Waals surface area contributed by atoms with Gasteiger partial charge in [0, 0.05) is 25.6 Å². The van der Waals surface area contributed by atoms with Crippen LogP contribution in [0.5, 0.6) is 0 Å². The Morgan fingerprint density at radius 3 is 2.27 bits per heavy atom. The summed E-state index contributed by atoms with van der Waals surface area (Å²) in [6.45, 7) is 3.47. The third-order valence-electron chi connectivity index (χ3n) is 5.38. The summed E-state index contributed by atoms with van der Waals surface area (Å²) in [5.74, 6) is 0.0567. The second kappa shape index (κ2) is 7.36. The number of aromatic carboxylic acids is 1. The third kappa shape index (κ3) is 4.07. The molecule has 0 bridgehead atoms. The smallest absolute Gasteiger partial charge is 0.335 e. The second-order valence-corrected chi connectivity index (χ2v) is 9.16. The van der Waals surface area contributed by atoms with Crippen LogP contribution in [0.3, 0.4) is 0 Å². The Bertz CT molecular complexity index is 782. The molecule has 142 valence electrons. The number of amides is 1. The summed E-state index contributed by atoms with van der Waals surface area (Å²) in [5.41, 5.74) is 0.0457. The molecular weight excluding hydrogens is 356 g/mol. The molecule has 1 aliphatic carbocycles. The number of nitrogens with zero attached hydrogens (tertiary/aromatic N) is 1. The Morgan fingerprint density at radius 1 is 1.19 bits per heavy atom. The molecule has 2 fully saturated rings. The van der Waals surface area contributed by atoms with E-state index in [1.807, 2.05) is 0 Å². The van der Waals surface area contributed by atoms with Gasteiger partial charge in [0.1, 0.15) is 0 Å². The average molecular weight is 380 g/mol. The van der Waals surface area contributed by atoms with Crippen LogP contribution in [0.1, 0.15) is 36.5 Å². The Morgan fingerprint density at radius 2 is 1.77 bits per heavy atom. The van der Waals surface area contributed by atoms with Gasteiger partial charge < -0.3 is 10.4 Å². The summed E-state index contributed by atoms with van der Waals surface area (Å²) >= 11 is 0. The summed E-state index contributed by atoms with van der Waals surface area (Å²) in [6.07, 6.45) is 2.16. The van der Waals surface area contributed by atoms with Gasteiger partial charge in [-0.05, 0) is 55.4 Å². The van der Waals surface area contributed by atoms with Gasteiger partial charge in [0.2, 0.25) is 15.9 Å². The highest BCUT2D eigenvalue weighted by molar-refractivity contribution is 7.89. The quantitative estimate of drug-likeness (QED) is 0.779. The molecule has 1 saturated heterocycles. The van der Waals surface area contributed by atoms with E-state index in [1.165, 1.54) is 28.6 Å². The zero-order valence-electron chi connectivity index (χ0n) is 14.7. The number of sulfonamides is 1. The molecule has 26 heavy (non-hydrogen) atoms. The number of carboxylic acid groups (broad SMARTS) is 1. The average Bonchev–Trinajstić information content (AvgIpc) is 3.35. The van der Waals surface area contributed by atoms with Crippen LogP contribution in [0.2, 0.25) is 0 Å². The number of rotatable bonds is 6. The molecule has 2 N–H and O–H groups in total. The van der Waals surface area contributed by atoms with E-state index in [-0.39, 0.29) is 22.3 Å². The van der Waals surface area contributed by atoms with Crippen LogP contribution < -0.4 is 5.32 Å². The predicted octanol–water partition coefficient (Wildman–Crippen LogP) is 1.56. The lowest BCUT2D eigenvalue weighted by atomic mass is 9.97. The van der Waals surface area contributed by atoms with Crippen LogP contribution in [0.25, 0.3) is 0 Å². The number of hydrogen-bond acceptors (Lipinski definition) is 4. The maximum absolute atomic E-state index is 12.7. The molecule has 2 atom stereocenters. The van der Waals surface area contributed by atoms with Gasteiger partial charge in [-0.15, -0.1) is 0 Å². The van der Waals surface area contributed by atoms with Crippen molar-refractivity contribution < 1.29 is 23.1 Å². The molecule has 0 spiro atoms. The first kappa shape index (κ1) is 18.8. The fourth-order valence-electron chi connectivity index (χ4n) is 3.34. The molecule has 8 heteroatoms. The largest absolute Gasteiger partial charge is 0.478 e. The van der Waals surface area contributed by atoms with E-state index < -0.39 is 16.0 Å². The molecule has 0 radical (unpaired) electrons. The maximum Gasteiger partial charge on any atom is 0.335 e. The molecular formula is C18H24N2O5S. The van der Waals surface area contributed by atoms with Crippen molar-refractivity contribution >= 4 is 21.9 Å². The lowest BCUT2D eigenvalue weighted by molar-refractivity contribution is -0.126. The minimum atomic E-state index is -3.67. The Hall–Kier alpha value is -1.93. The van der Waals surface area contributed by atoms with Gasteiger partial charge in [0.15, 0.2) is 0 Å². The third-order valence-corrected chi connectivity index (χ3v) is 7.29. The molecule has 1 aliphatic heterocycles. The van der Waals surface area contributed by atoms with Crippen molar-refractivity contribution in [2.24, 2.45) is 17.8 Å². The van der Waals surface area contributed by atoms with Crippen molar-refractivity contribution in [3.8, 4) is 0 Å². The van der Waals surface area contributed by atoms with Crippen LogP contribution in [0, 0.1) is 17.8 Å². The first-order chi connectivity index (χ1) is 12.3. The molecule has 1 amide bonds. The van der Waals surface area contributed by atoms with E-state index in [2.05, 4.69) is 12.2 Å². The van der Waals surface area contributed by atoms with E-state index in [0.717, 1.165) is 6.42 Å². The molecule has 0 aromatic heterocycles. The highest BCUT2D eigenvalue weighted by Gasteiger charge is 2.35. The summed E-state index contributed by atoms with van der Waals surface area (Å²) in [7, 11) is -3.67. The predicted molar refractivity (Wildman–Crippen MR) is 95.2 cm³/mol. The summed E-state index contributed by atoms with van der Waals surface area (Å²) in [4.78, 5) is 23.2. The molecule has 3 rings (SSSR count). The van der Waals surface area contributed by atoms with Gasteiger partial charge >= 0.3 is 5.97 Å². The number of hydrogen-bond donors (Lipinski definition) is 2. The monoisotopic (exact) mass is 380 g/mol. The van der Waals surface area contributed by atoms with E-state index >= 15 is 0 Å². The number of nitrogens with one attached hydrogen (secondary N) is 1. The number of piperidine rings is 1. The van der Waals surface area contributed by atoms with Gasteiger partial charge in [-0.1, -0.05) is 6.92 Å². The Kier molecular flexibility index (Phi) is 5.34. The fraction of sp³-hybridized carbons (Fsp3) is 0.556. The van der Waals surface area contributed by atoms with E-state index in [1.54, 1.807) is 0 Å². The van der Waals surface area contributed by atoms with Crippen LogP contribution in [0.15, 0.2) is 29.2 Å². The topological polar surface area (TPSA) is 104 Å². The van der Waals surface area contributed by atoms with Crippen molar-refractivity contribution in [1.82, 2.24) is 9.62 Å². The van der Waals surface area contributed by atoms with Crippen molar-refractivity contribution in [3.05, 3.63) is 29.8 Å². The summed E-state index contributed by atoms with van der Waals surface area (Å²) in [6, 6.07) is 5.20. The Balaban J connectivity index is 1.56. The summed E-state index contributed by atoms with van der Waals surface area (Å²) < 4.78 is 26.7. The first-order valence-corrected chi connectivity index (χ1v) is 10.3. The van der Waals surface area contributed by atoms with Crippen molar-refractivity contribution in [2.75, 3.05) is 19.6 Å². The van der Waals surface area contributed by atoms with Gasteiger partial charge in [0.05, 0.1) is 10.5 Å². The number of carbonyl (C=O) groups excluding carboxylic acids is 1. The molecule has 2 aliphatic rings. The highest BCUT2D eigenvalue weighted by Crippen LogP contribution is 2.36. The maximum atomic E-state index is 12.7. The van der Waals surface area contributed by atoms with Crippen molar-refractivity contribution in [3.63, 3.8) is 0 Å². The van der Waals surface area contributed by atoms with Gasteiger partial charge in [0.25, 0.3) is 0 Å². The van der Waals surface area contributed by atoms with Crippen molar-refractivity contribution in [1.29, 1.82) is 0 Å². The fourth-order valence-corrected chi connectivity index (χ4v) is 4.81. The zero-order chi connectivity index (χ0) is 18.9.